The Morgan fingerprint density at radius 2 is 0.596 bits per heavy atom. The predicted octanol–water partition coefficient (Wildman–Crippen LogP) is 12.9. The quantitative estimate of drug-likeness (QED) is 0.0517. The molecule has 266 valence electrons. The molecule has 0 bridgehead atoms. The Morgan fingerprint density at radius 1 is 0.365 bits per heavy atom. The second kappa shape index (κ2) is 18.4. The maximum absolute atomic E-state index is 13.6. The maximum Gasteiger partial charge on any atom is 0.411 e. The molecule has 0 fully saturated rings. The fourth-order valence-electron chi connectivity index (χ4n) is 7.34. The zero-order valence-electron chi connectivity index (χ0n) is 30.4. The van der Waals surface area contributed by atoms with Crippen LogP contribution in [0.1, 0.15) is 91.7 Å². The Morgan fingerprint density at radius 3 is 0.846 bits per heavy atom. The monoisotopic (exact) mass is 707 g/mol. The van der Waals surface area contributed by atoms with E-state index in [1.54, 1.807) is 0 Å². The van der Waals surface area contributed by atoms with Crippen LogP contribution < -0.4 is 0 Å². The van der Waals surface area contributed by atoms with E-state index in [-0.39, 0.29) is 0 Å². The van der Waals surface area contributed by atoms with Crippen molar-refractivity contribution in [2.45, 2.75) is 69.5 Å². The highest BCUT2D eigenvalue weighted by Crippen LogP contribution is 2.68. The molecule has 0 aliphatic heterocycles. The smallest absolute Gasteiger partial charge is 0.193 e. The van der Waals surface area contributed by atoms with Crippen LogP contribution in [0, 0.1) is 0 Å². The summed E-state index contributed by atoms with van der Waals surface area (Å²) in [5, 5.41) is 0. The van der Waals surface area contributed by atoms with Gasteiger partial charge >= 0.3 is 7.94 Å². The van der Waals surface area contributed by atoms with Gasteiger partial charge in [0.1, 0.15) is 6.16 Å². The number of rotatable bonds is 19. The Kier molecular flexibility index (Phi) is 13.2. The van der Waals surface area contributed by atoms with Crippen molar-refractivity contribution in [1.29, 1.82) is 0 Å². The van der Waals surface area contributed by atoms with E-state index in [0.717, 1.165) is 52.6 Å². The molecule has 0 aliphatic carbocycles. The minimum Gasteiger partial charge on any atom is -0.193 e. The first-order valence-corrected chi connectivity index (χ1v) is 20.7. The predicted molar refractivity (Wildman–Crippen MR) is 217 cm³/mol. The van der Waals surface area contributed by atoms with Crippen molar-refractivity contribution in [2.75, 3.05) is 6.16 Å². The molecule has 4 heteroatoms. The molecule has 6 aromatic rings. The van der Waals surface area contributed by atoms with Crippen LogP contribution in [0.5, 0.6) is 0 Å². The van der Waals surface area contributed by atoms with Crippen molar-refractivity contribution in [3.63, 3.8) is 0 Å². The highest BCUT2D eigenvalue weighted by Gasteiger charge is 2.58. The Bertz CT molecular complexity index is 1550. The van der Waals surface area contributed by atoms with Crippen LogP contribution in [0.2, 0.25) is 0 Å². The van der Waals surface area contributed by atoms with Crippen LogP contribution in [0.3, 0.4) is 0 Å². The zero-order chi connectivity index (χ0) is 36.0. The van der Waals surface area contributed by atoms with Crippen LogP contribution in [-0.4, -0.2) is 11.1 Å². The van der Waals surface area contributed by atoms with E-state index < -0.39 is 19.1 Å². The summed E-state index contributed by atoms with van der Waals surface area (Å²) in [6, 6.07) is 61.8. The number of hydrogen-bond acceptors (Lipinski definition) is 3. The average molecular weight is 708 g/mol. The van der Waals surface area contributed by atoms with Gasteiger partial charge in [-0.2, -0.15) is 13.9 Å². The Balaban J connectivity index is 1.54. The van der Waals surface area contributed by atoms with Crippen molar-refractivity contribution in [2.24, 2.45) is 0 Å². The summed E-state index contributed by atoms with van der Waals surface area (Å²) < 4.78 is 15.2. The summed E-state index contributed by atoms with van der Waals surface area (Å²) in [5.41, 5.74) is 3.23. The van der Waals surface area contributed by atoms with Crippen LogP contribution in [0.15, 0.2) is 182 Å². The number of hydrogen-bond donors (Lipinski definition) is 1. The average Bonchev–Trinajstić information content (AvgIpc) is 3.22. The molecule has 0 saturated heterocycles. The topological polar surface area (TPSA) is 38.7 Å². The first kappa shape index (κ1) is 37.4. The first-order chi connectivity index (χ1) is 25.6. The molecule has 0 amide bonds. The van der Waals surface area contributed by atoms with E-state index in [9.17, 15) is 4.89 Å². The van der Waals surface area contributed by atoms with Crippen molar-refractivity contribution in [1.82, 2.24) is 0 Å². The molecule has 3 nitrogen and oxygen atoms in total. The SMILES string of the molecule is CCCCCCCCCC[P+](O)(OC(c1ccccc1)(c1ccccc1)c1ccccc1)OC(c1ccccc1)(c1ccccc1)c1ccccc1. The molecule has 6 aromatic carbocycles. The number of benzene rings is 6. The molecule has 0 aliphatic rings. The highest BCUT2D eigenvalue weighted by atomic mass is 31.2. The van der Waals surface area contributed by atoms with Gasteiger partial charge in [-0.25, -0.2) is 0 Å². The molecule has 0 saturated carbocycles. The van der Waals surface area contributed by atoms with Gasteiger partial charge in [0.05, 0.1) is 0 Å². The molecule has 6 rings (SSSR count). The highest BCUT2D eigenvalue weighted by molar-refractivity contribution is 7.60. The molecule has 0 heterocycles. The van der Waals surface area contributed by atoms with Gasteiger partial charge < -0.3 is 0 Å². The van der Waals surface area contributed by atoms with E-state index in [0.29, 0.717) is 6.16 Å². The van der Waals surface area contributed by atoms with E-state index in [1.165, 1.54) is 32.1 Å². The van der Waals surface area contributed by atoms with Crippen molar-refractivity contribution < 1.29 is 13.9 Å². The molecule has 1 N–H and O–H groups in total. The van der Waals surface area contributed by atoms with Gasteiger partial charge in [-0.05, 0) is 46.2 Å². The second-order valence-corrected chi connectivity index (χ2v) is 15.7. The van der Waals surface area contributed by atoms with Gasteiger partial charge in [0.15, 0.2) is 11.2 Å². The standard InChI is InChI=1S/C48H52O3P/c1-2-3-4-5-6-7-8-27-40-52(49,50-47(41-28-15-9-16-29-41,42-30-17-10-18-31-42)43-32-19-11-20-33-43)51-48(44-34-21-12-22-35-44,45-36-23-13-24-37-45)46-38-25-14-26-39-46/h9-26,28-39,49H,2-8,27,40H2,1H3/q+1. The fourth-order valence-corrected chi connectivity index (χ4v) is 9.67. The molecule has 0 unspecified atom stereocenters. The van der Waals surface area contributed by atoms with E-state index in [4.69, 9.17) is 9.05 Å². The van der Waals surface area contributed by atoms with E-state index >= 15 is 0 Å². The third-order valence-electron chi connectivity index (χ3n) is 9.94. The third kappa shape index (κ3) is 8.63. The zero-order valence-corrected chi connectivity index (χ0v) is 31.3. The Labute approximate surface area is 311 Å². The summed E-state index contributed by atoms with van der Waals surface area (Å²) in [7, 11) is -3.77. The van der Waals surface area contributed by atoms with Gasteiger partial charge in [-0.15, -0.1) is 0 Å². The van der Waals surface area contributed by atoms with Crippen LogP contribution in [0.4, 0.5) is 0 Å². The lowest BCUT2D eigenvalue weighted by Crippen LogP contribution is -2.38. The lowest BCUT2D eigenvalue weighted by molar-refractivity contribution is 0.0475. The molecule has 0 aromatic heterocycles. The van der Waals surface area contributed by atoms with Crippen LogP contribution in [-0.2, 0) is 20.2 Å². The van der Waals surface area contributed by atoms with Gasteiger partial charge in [0.25, 0.3) is 0 Å². The Hall–Kier alpha value is -4.37. The molecule has 52 heavy (non-hydrogen) atoms. The maximum atomic E-state index is 13.6. The first-order valence-electron chi connectivity index (χ1n) is 19.0. The molecule has 0 radical (unpaired) electrons. The lowest BCUT2D eigenvalue weighted by Gasteiger charge is -2.40. The summed E-state index contributed by atoms with van der Waals surface area (Å²) in [4.78, 5) is 13.6. The summed E-state index contributed by atoms with van der Waals surface area (Å²) in [6.45, 7) is 2.26. The van der Waals surface area contributed by atoms with E-state index in [1.807, 2.05) is 109 Å². The summed E-state index contributed by atoms with van der Waals surface area (Å²) in [5.74, 6) is 0. The normalized spacial score (nSPS) is 12.1. The third-order valence-corrected chi connectivity index (χ3v) is 11.9. The van der Waals surface area contributed by atoms with Gasteiger partial charge in [0.2, 0.25) is 0 Å². The fraction of sp³-hybridized carbons (Fsp3) is 0.250. The molecular formula is C48H52O3P+. The van der Waals surface area contributed by atoms with Gasteiger partial charge in [0, 0.05) is 0 Å². The second-order valence-electron chi connectivity index (χ2n) is 13.6. The number of unbranched alkanes of at least 4 members (excludes halogenated alkanes) is 7. The van der Waals surface area contributed by atoms with Crippen LogP contribution in [0.25, 0.3) is 0 Å². The summed E-state index contributed by atoms with van der Waals surface area (Å²) >= 11 is 0. The molecule has 0 spiro atoms. The van der Waals surface area contributed by atoms with Crippen molar-refractivity contribution in [3.05, 3.63) is 215 Å². The van der Waals surface area contributed by atoms with Crippen molar-refractivity contribution in [3.8, 4) is 0 Å². The summed E-state index contributed by atoms with van der Waals surface area (Å²) in [6.07, 6.45) is 9.52. The van der Waals surface area contributed by atoms with Crippen molar-refractivity contribution >= 4 is 7.94 Å². The lowest BCUT2D eigenvalue weighted by atomic mass is 9.80. The van der Waals surface area contributed by atoms with Gasteiger partial charge in [-0.1, -0.05) is 227 Å². The molecular weight excluding hydrogens is 655 g/mol. The van der Waals surface area contributed by atoms with Crippen LogP contribution >= 0.6 is 7.94 Å². The largest absolute Gasteiger partial charge is 0.411 e. The van der Waals surface area contributed by atoms with Gasteiger partial charge in [-0.3, -0.25) is 0 Å². The van der Waals surface area contributed by atoms with E-state index in [2.05, 4.69) is 79.7 Å². The minimum absolute atomic E-state index is 0.379. The minimum atomic E-state index is -3.77. The molecule has 0 atom stereocenters.